The van der Waals surface area contributed by atoms with E-state index in [0.29, 0.717) is 30.4 Å². The van der Waals surface area contributed by atoms with Crippen LogP contribution in [0.4, 0.5) is 14.0 Å². The number of nitrogens with zero attached hydrogens (tertiary/aromatic N) is 2. The molecule has 1 saturated carbocycles. The van der Waals surface area contributed by atoms with E-state index in [9.17, 15) is 28.4 Å². The van der Waals surface area contributed by atoms with E-state index in [4.69, 9.17) is 9.47 Å². The van der Waals surface area contributed by atoms with Gasteiger partial charge in [-0.25, -0.2) is 14.0 Å². The summed E-state index contributed by atoms with van der Waals surface area (Å²) in [5, 5.41) is 5.37. The minimum absolute atomic E-state index is 0.0196. The van der Waals surface area contributed by atoms with E-state index >= 15 is 0 Å². The first-order chi connectivity index (χ1) is 22.3. The summed E-state index contributed by atoms with van der Waals surface area (Å²) >= 11 is 0. The minimum Gasteiger partial charge on any atom is -0.450 e. The van der Waals surface area contributed by atoms with Gasteiger partial charge in [0.25, 0.3) is 0 Å². The molecule has 1 saturated heterocycles. The number of amides is 4. The molecule has 1 aromatic rings. The fourth-order valence-corrected chi connectivity index (χ4v) is 6.14. The zero-order valence-corrected chi connectivity index (χ0v) is 27.2. The Labute approximate surface area is 274 Å². The van der Waals surface area contributed by atoms with Crippen molar-refractivity contribution >= 4 is 35.9 Å². The molecule has 3 atom stereocenters. The number of hydrogen-bond acceptors (Lipinski definition) is 7. The summed E-state index contributed by atoms with van der Waals surface area (Å²) in [7, 11) is 0. The lowest BCUT2D eigenvalue weighted by atomic mass is 9.85. The molecule has 0 radical (unpaired) electrons. The number of benzene rings is 1. The quantitative estimate of drug-likeness (QED) is 0.335. The van der Waals surface area contributed by atoms with Crippen molar-refractivity contribution in [2.45, 2.75) is 90.6 Å². The van der Waals surface area contributed by atoms with Crippen molar-refractivity contribution in [3.8, 4) is 0 Å². The summed E-state index contributed by atoms with van der Waals surface area (Å²) in [6.45, 7) is 9.11. The lowest BCUT2D eigenvalue weighted by Gasteiger charge is -2.35. The molecular weight excluding hydrogens is 607 g/mol. The Morgan fingerprint density at radius 3 is 2.60 bits per heavy atom. The zero-order valence-electron chi connectivity index (χ0n) is 27.2. The number of Topliss-reactive ketones (excluding diaryl/α,β-unsaturated/α-hetero) is 1. The molecule has 12 heteroatoms. The molecule has 11 nitrogen and oxygen atoms in total. The summed E-state index contributed by atoms with van der Waals surface area (Å²) < 4.78 is 26.0. The molecule has 4 bridgehead atoms. The Morgan fingerprint density at radius 1 is 1.15 bits per heavy atom. The number of ketones is 1. The largest absolute Gasteiger partial charge is 0.450 e. The Kier molecular flexibility index (Phi) is 10.2. The Balaban J connectivity index is 1.43. The van der Waals surface area contributed by atoms with Crippen molar-refractivity contribution in [1.82, 2.24) is 20.4 Å². The van der Waals surface area contributed by atoms with Gasteiger partial charge in [-0.05, 0) is 60.3 Å². The van der Waals surface area contributed by atoms with Crippen molar-refractivity contribution < 1.29 is 37.8 Å². The zero-order chi connectivity index (χ0) is 33.9. The van der Waals surface area contributed by atoms with Gasteiger partial charge < -0.3 is 25.0 Å². The number of ether oxygens (including phenoxy) is 2. The highest BCUT2D eigenvalue weighted by atomic mass is 19.1. The molecule has 3 heterocycles. The highest BCUT2D eigenvalue weighted by molar-refractivity contribution is 6.01. The molecule has 5 rings (SSSR count). The van der Waals surface area contributed by atoms with Crippen LogP contribution in [0, 0.1) is 17.2 Å². The van der Waals surface area contributed by atoms with E-state index in [1.165, 1.54) is 28.0 Å². The number of nitrogens with one attached hydrogen (secondary N) is 2. The van der Waals surface area contributed by atoms with E-state index in [0.717, 1.165) is 18.4 Å². The highest BCUT2D eigenvalue weighted by Gasteiger charge is 2.47. The molecule has 252 valence electrons. The number of allylic oxidation sites excluding steroid dienone is 4. The molecule has 3 aliphatic heterocycles. The summed E-state index contributed by atoms with van der Waals surface area (Å²) in [5.74, 6) is -1.56. The molecule has 1 unspecified atom stereocenters. The average molecular weight is 651 g/mol. The molecule has 4 amide bonds. The minimum atomic E-state index is -1.12. The van der Waals surface area contributed by atoms with Gasteiger partial charge in [0.2, 0.25) is 11.8 Å². The van der Waals surface area contributed by atoms with Crippen molar-refractivity contribution in [3.05, 3.63) is 65.1 Å². The number of carbonyl (C=O) groups is 5. The first-order valence-electron chi connectivity index (χ1n) is 16.2. The topological polar surface area (TPSA) is 134 Å². The van der Waals surface area contributed by atoms with Gasteiger partial charge in [0.15, 0.2) is 5.78 Å². The second kappa shape index (κ2) is 14.1. The number of carbonyl (C=O) groups excluding carboxylic acids is 5. The third kappa shape index (κ3) is 8.09. The molecule has 2 N–H and O–H groups in total. The average Bonchev–Trinajstić information content (AvgIpc) is 3.53. The Hall–Kier alpha value is -4.48. The molecule has 2 fully saturated rings. The van der Waals surface area contributed by atoms with Crippen molar-refractivity contribution in [1.29, 1.82) is 0 Å². The first kappa shape index (κ1) is 33.9. The third-order valence-electron chi connectivity index (χ3n) is 8.92. The van der Waals surface area contributed by atoms with E-state index in [-0.39, 0.29) is 50.1 Å². The predicted molar refractivity (Wildman–Crippen MR) is 171 cm³/mol. The van der Waals surface area contributed by atoms with Crippen molar-refractivity contribution in [2.75, 3.05) is 13.2 Å². The van der Waals surface area contributed by atoms with Crippen LogP contribution in [0.25, 0.3) is 6.08 Å². The normalized spacial score (nSPS) is 24.7. The van der Waals surface area contributed by atoms with Gasteiger partial charge in [0.05, 0.1) is 31.9 Å². The second-order valence-electron chi connectivity index (χ2n) is 13.7. The van der Waals surface area contributed by atoms with Gasteiger partial charge in [-0.3, -0.25) is 19.3 Å². The number of rotatable bonds is 6. The van der Waals surface area contributed by atoms with E-state index in [1.54, 1.807) is 26.8 Å². The lowest BCUT2D eigenvalue weighted by Crippen LogP contribution is -2.58. The molecule has 4 aliphatic rings. The van der Waals surface area contributed by atoms with Gasteiger partial charge in [-0.1, -0.05) is 51.6 Å². The molecule has 1 aliphatic carbocycles. The van der Waals surface area contributed by atoms with E-state index < -0.39 is 53.4 Å². The maximum absolute atomic E-state index is 14.8. The monoisotopic (exact) mass is 650 g/mol. The van der Waals surface area contributed by atoms with Crippen LogP contribution in [0.3, 0.4) is 0 Å². The smallest absolute Gasteiger partial charge is 0.410 e. The van der Waals surface area contributed by atoms with Gasteiger partial charge in [-0.15, -0.1) is 0 Å². The SMILES string of the molecule is C=C/C=C(/NC(=O)[C@@H]1CC2CN1C(=O)[C@H](C(C)(C)C)NC(=O)OCCC/C=C/c1ccc(F)c3c1CN(C3)C(=O)O2)C(=O)CC1CC1. The molecule has 0 spiro atoms. The summed E-state index contributed by atoms with van der Waals surface area (Å²) in [6.07, 6.45) is 7.46. The fourth-order valence-electron chi connectivity index (χ4n) is 6.14. The van der Waals surface area contributed by atoms with E-state index in [1.807, 2.05) is 12.2 Å². The number of halogens is 1. The van der Waals surface area contributed by atoms with Crippen LogP contribution in [-0.4, -0.2) is 70.9 Å². The Morgan fingerprint density at radius 2 is 1.89 bits per heavy atom. The van der Waals surface area contributed by atoms with Crippen LogP contribution in [0.5, 0.6) is 0 Å². The standard InChI is InChI=1S/C35H43FN4O7/c1-5-9-27(29(41)16-21-11-12-21)37-31(42)28-17-23-18-40(28)32(43)30(35(2,3)4)38-33(44)46-15-8-6-7-10-22-13-14-26(36)25-20-39(19-24(22)25)34(45)47-23/h5,7,9-10,13-14,21,23,28,30H,1,6,8,11-12,15-20H2,2-4H3,(H,37,42)(H,38,44)/b10-7+,27-9+/t23?,28-,30+/m0/s1. The van der Waals surface area contributed by atoms with Gasteiger partial charge in [0.1, 0.15) is 24.0 Å². The van der Waals surface area contributed by atoms with Crippen LogP contribution in [-0.2, 0) is 36.9 Å². The maximum Gasteiger partial charge on any atom is 0.410 e. The number of fused-ring (bicyclic) bond motifs is 3. The van der Waals surface area contributed by atoms with Crippen molar-refractivity contribution in [2.24, 2.45) is 11.3 Å². The summed E-state index contributed by atoms with van der Waals surface area (Å²) in [6, 6.07) is 0.814. The van der Waals surface area contributed by atoms with Gasteiger partial charge in [-0.2, -0.15) is 0 Å². The summed E-state index contributed by atoms with van der Waals surface area (Å²) in [5.41, 5.74) is 1.14. The maximum atomic E-state index is 14.8. The van der Waals surface area contributed by atoms with Gasteiger partial charge >= 0.3 is 12.2 Å². The van der Waals surface area contributed by atoms with Crippen LogP contribution >= 0.6 is 0 Å². The number of alkyl carbamates (subject to hydrolysis) is 1. The molecule has 47 heavy (non-hydrogen) atoms. The molecular formula is C35H43FN4O7. The predicted octanol–water partition coefficient (Wildman–Crippen LogP) is 4.75. The summed E-state index contributed by atoms with van der Waals surface area (Å²) in [4.78, 5) is 69.9. The first-order valence-corrected chi connectivity index (χ1v) is 16.2. The second-order valence-corrected chi connectivity index (χ2v) is 13.7. The number of cyclic esters (lactones) is 1. The Bertz CT molecular complexity index is 1510. The van der Waals surface area contributed by atoms with Crippen LogP contribution < -0.4 is 10.6 Å². The fraction of sp³-hybridized carbons (Fsp3) is 0.514. The van der Waals surface area contributed by atoms with E-state index in [2.05, 4.69) is 17.2 Å². The molecule has 1 aromatic carbocycles. The lowest BCUT2D eigenvalue weighted by molar-refractivity contribution is -0.142. The highest BCUT2D eigenvalue weighted by Crippen LogP contribution is 2.34. The molecule has 0 aromatic heterocycles. The van der Waals surface area contributed by atoms with Gasteiger partial charge in [0, 0.05) is 18.4 Å². The van der Waals surface area contributed by atoms with Crippen LogP contribution in [0.2, 0.25) is 0 Å². The third-order valence-corrected chi connectivity index (χ3v) is 8.92. The van der Waals surface area contributed by atoms with Crippen LogP contribution in [0.1, 0.15) is 76.0 Å². The van der Waals surface area contributed by atoms with Crippen molar-refractivity contribution in [3.63, 3.8) is 0 Å². The number of hydrogen-bond donors (Lipinski definition) is 2. The van der Waals surface area contributed by atoms with Crippen LogP contribution in [0.15, 0.2) is 42.6 Å².